The lowest BCUT2D eigenvalue weighted by Crippen LogP contribution is -2.16. The monoisotopic (exact) mass is 367 g/mol. The third-order valence-electron chi connectivity index (χ3n) is 5.03. The maximum atomic E-state index is 12.4. The molecule has 1 aliphatic carbocycles. The Labute approximate surface area is 159 Å². The molecule has 0 saturated heterocycles. The highest BCUT2D eigenvalue weighted by Gasteiger charge is 2.16. The summed E-state index contributed by atoms with van der Waals surface area (Å²) >= 11 is 0. The van der Waals surface area contributed by atoms with Crippen LogP contribution in [0.4, 0.5) is 5.69 Å². The number of anilines is 1. The summed E-state index contributed by atoms with van der Waals surface area (Å²) in [7, 11) is 0. The summed E-state index contributed by atoms with van der Waals surface area (Å²) in [6, 6.07) is 13.3. The number of ether oxygens (including phenoxy) is 1. The molecule has 1 saturated carbocycles. The van der Waals surface area contributed by atoms with Crippen molar-refractivity contribution in [1.29, 1.82) is 0 Å². The molecule has 0 unspecified atom stereocenters. The maximum Gasteiger partial charge on any atom is 0.336 e. The van der Waals surface area contributed by atoms with Gasteiger partial charge >= 0.3 is 5.97 Å². The average Bonchev–Trinajstić information content (AvgIpc) is 2.70. The predicted octanol–water partition coefficient (Wildman–Crippen LogP) is 4.99. The van der Waals surface area contributed by atoms with Crippen LogP contribution in [0.2, 0.25) is 0 Å². The lowest BCUT2D eigenvalue weighted by molar-refractivity contribution is 0.0692. The number of benzene rings is 2. The molecule has 3 rings (SSSR count). The molecule has 0 aliphatic heterocycles. The topological polar surface area (TPSA) is 75.6 Å². The van der Waals surface area contributed by atoms with Crippen molar-refractivity contribution in [3.05, 3.63) is 59.7 Å². The Hall–Kier alpha value is -2.82. The first kappa shape index (κ1) is 19.0. The second kappa shape index (κ2) is 9.21. The van der Waals surface area contributed by atoms with E-state index >= 15 is 0 Å². The second-order valence-electron chi connectivity index (χ2n) is 6.97. The summed E-state index contributed by atoms with van der Waals surface area (Å²) in [4.78, 5) is 23.6. The number of amides is 1. The molecule has 2 aromatic carbocycles. The van der Waals surface area contributed by atoms with Gasteiger partial charge in [0.2, 0.25) is 0 Å². The summed E-state index contributed by atoms with van der Waals surface area (Å²) in [5.41, 5.74) is 0.718. The van der Waals surface area contributed by atoms with Crippen LogP contribution in [0.15, 0.2) is 48.5 Å². The number of hydrogen-bond acceptors (Lipinski definition) is 3. The van der Waals surface area contributed by atoms with Crippen molar-refractivity contribution in [3.8, 4) is 5.75 Å². The summed E-state index contributed by atoms with van der Waals surface area (Å²) in [5, 5.41) is 11.9. The number of carboxylic acids is 1. The van der Waals surface area contributed by atoms with Crippen molar-refractivity contribution in [2.24, 2.45) is 5.92 Å². The van der Waals surface area contributed by atoms with Crippen LogP contribution < -0.4 is 10.1 Å². The van der Waals surface area contributed by atoms with Gasteiger partial charge in [-0.3, -0.25) is 4.79 Å². The normalized spacial score (nSPS) is 14.5. The van der Waals surface area contributed by atoms with Gasteiger partial charge in [0.1, 0.15) is 5.75 Å². The van der Waals surface area contributed by atoms with E-state index in [1.54, 1.807) is 24.3 Å². The average molecular weight is 367 g/mol. The Morgan fingerprint density at radius 1 is 0.963 bits per heavy atom. The molecule has 0 spiro atoms. The van der Waals surface area contributed by atoms with Gasteiger partial charge in [0.25, 0.3) is 5.91 Å². The Morgan fingerprint density at radius 3 is 2.30 bits per heavy atom. The second-order valence-corrected chi connectivity index (χ2v) is 6.97. The lowest BCUT2D eigenvalue weighted by atomic mass is 9.87. The highest BCUT2D eigenvalue weighted by Crippen LogP contribution is 2.26. The minimum Gasteiger partial charge on any atom is -0.494 e. The lowest BCUT2D eigenvalue weighted by Gasteiger charge is -2.21. The molecule has 0 radical (unpaired) electrons. The number of aromatic carboxylic acids is 1. The van der Waals surface area contributed by atoms with Crippen molar-refractivity contribution in [2.75, 3.05) is 11.9 Å². The van der Waals surface area contributed by atoms with Crippen molar-refractivity contribution < 1.29 is 19.4 Å². The van der Waals surface area contributed by atoms with Crippen LogP contribution >= 0.6 is 0 Å². The Kier molecular flexibility index (Phi) is 6.47. The fraction of sp³-hybridized carbons (Fsp3) is 0.364. The first-order valence-electron chi connectivity index (χ1n) is 9.50. The number of carbonyl (C=O) groups excluding carboxylic acids is 1. The third kappa shape index (κ3) is 5.33. The van der Waals surface area contributed by atoms with Crippen molar-refractivity contribution in [2.45, 2.75) is 38.5 Å². The molecular formula is C22H25NO4. The van der Waals surface area contributed by atoms with Gasteiger partial charge in [0.05, 0.1) is 17.7 Å². The minimum absolute atomic E-state index is 0.0160. The van der Waals surface area contributed by atoms with Gasteiger partial charge in [-0.15, -0.1) is 0 Å². The SMILES string of the molecule is O=C(O)c1ccccc1C(=O)Nc1ccc(OCCC2CCCCC2)cc1. The van der Waals surface area contributed by atoms with Crippen LogP contribution in [0, 0.1) is 5.92 Å². The van der Waals surface area contributed by atoms with Crippen molar-refractivity contribution in [3.63, 3.8) is 0 Å². The number of carbonyl (C=O) groups is 2. The van der Waals surface area contributed by atoms with Crippen LogP contribution in [0.1, 0.15) is 59.2 Å². The zero-order valence-corrected chi connectivity index (χ0v) is 15.3. The molecule has 1 aliphatic rings. The molecule has 5 nitrogen and oxygen atoms in total. The summed E-state index contributed by atoms with van der Waals surface area (Å²) < 4.78 is 5.81. The van der Waals surface area contributed by atoms with E-state index in [0.29, 0.717) is 12.3 Å². The van der Waals surface area contributed by atoms with Crippen LogP contribution in [-0.4, -0.2) is 23.6 Å². The molecule has 27 heavy (non-hydrogen) atoms. The summed E-state index contributed by atoms with van der Waals surface area (Å²) in [6.07, 6.45) is 7.75. The van der Waals surface area contributed by atoms with E-state index in [1.165, 1.54) is 44.2 Å². The summed E-state index contributed by atoms with van der Waals surface area (Å²) in [6.45, 7) is 0.711. The van der Waals surface area contributed by atoms with Gasteiger partial charge in [0, 0.05) is 5.69 Å². The van der Waals surface area contributed by atoms with Gasteiger partial charge in [-0.2, -0.15) is 0 Å². The zero-order chi connectivity index (χ0) is 19.1. The van der Waals surface area contributed by atoms with Crippen LogP contribution in [0.3, 0.4) is 0 Å². The summed E-state index contributed by atoms with van der Waals surface area (Å²) in [5.74, 6) is -0.0113. The standard InChI is InChI=1S/C22H25NO4/c24-21(19-8-4-5-9-20(19)22(25)26)23-17-10-12-18(13-11-17)27-15-14-16-6-2-1-3-7-16/h4-5,8-13,16H,1-3,6-7,14-15H2,(H,23,24)(H,25,26). The molecule has 5 heteroatoms. The Morgan fingerprint density at radius 2 is 1.63 bits per heavy atom. The van der Waals surface area contributed by atoms with Gasteiger partial charge in [0.15, 0.2) is 0 Å². The van der Waals surface area contributed by atoms with Gasteiger partial charge in [-0.1, -0.05) is 44.2 Å². The van der Waals surface area contributed by atoms with Crippen LogP contribution in [0.25, 0.3) is 0 Å². The molecule has 1 fully saturated rings. The van der Waals surface area contributed by atoms with Crippen molar-refractivity contribution >= 4 is 17.6 Å². The zero-order valence-electron chi connectivity index (χ0n) is 15.3. The largest absolute Gasteiger partial charge is 0.494 e. The van der Waals surface area contributed by atoms with E-state index in [2.05, 4.69) is 5.32 Å². The Bertz CT molecular complexity index is 779. The van der Waals surface area contributed by atoms with E-state index in [9.17, 15) is 14.7 Å². The third-order valence-corrected chi connectivity index (χ3v) is 5.03. The number of carboxylic acid groups (broad SMARTS) is 1. The van der Waals surface area contributed by atoms with E-state index in [-0.39, 0.29) is 11.1 Å². The molecule has 0 bridgehead atoms. The first-order valence-corrected chi connectivity index (χ1v) is 9.50. The fourth-order valence-electron chi connectivity index (χ4n) is 3.52. The van der Waals surface area contributed by atoms with Crippen molar-refractivity contribution in [1.82, 2.24) is 0 Å². The van der Waals surface area contributed by atoms with E-state index < -0.39 is 11.9 Å². The molecule has 0 atom stereocenters. The number of hydrogen-bond donors (Lipinski definition) is 2. The van der Waals surface area contributed by atoms with E-state index in [1.807, 2.05) is 12.1 Å². The van der Waals surface area contributed by atoms with Gasteiger partial charge < -0.3 is 15.2 Å². The van der Waals surface area contributed by atoms with E-state index in [4.69, 9.17) is 4.74 Å². The maximum absolute atomic E-state index is 12.4. The fourth-order valence-corrected chi connectivity index (χ4v) is 3.52. The molecule has 2 aromatic rings. The molecule has 0 aromatic heterocycles. The smallest absolute Gasteiger partial charge is 0.336 e. The van der Waals surface area contributed by atoms with Crippen LogP contribution in [-0.2, 0) is 0 Å². The minimum atomic E-state index is -1.12. The highest BCUT2D eigenvalue weighted by atomic mass is 16.5. The number of nitrogens with one attached hydrogen (secondary N) is 1. The quantitative estimate of drug-likeness (QED) is 0.723. The van der Waals surface area contributed by atoms with Gasteiger partial charge in [-0.25, -0.2) is 4.79 Å². The predicted molar refractivity (Wildman–Crippen MR) is 104 cm³/mol. The molecule has 0 heterocycles. The molecule has 1 amide bonds. The number of rotatable bonds is 7. The molecular weight excluding hydrogens is 342 g/mol. The Balaban J connectivity index is 1.53. The van der Waals surface area contributed by atoms with E-state index in [0.717, 1.165) is 18.1 Å². The van der Waals surface area contributed by atoms with Gasteiger partial charge in [-0.05, 0) is 48.7 Å². The highest BCUT2D eigenvalue weighted by molar-refractivity contribution is 6.10. The molecule has 142 valence electrons. The first-order chi connectivity index (χ1) is 13.1. The van der Waals surface area contributed by atoms with Crippen LogP contribution in [0.5, 0.6) is 5.75 Å². The molecule has 2 N–H and O–H groups in total.